The summed E-state index contributed by atoms with van der Waals surface area (Å²) in [5.41, 5.74) is 3.38. The molecule has 0 aliphatic carbocycles. The molecule has 0 amide bonds. The number of fused-ring (bicyclic) bond motifs is 1. The number of hydrogen-bond acceptors (Lipinski definition) is 2. The monoisotopic (exact) mass is 402 g/mol. The van der Waals surface area contributed by atoms with Crippen molar-refractivity contribution in [1.29, 1.82) is 0 Å². The molecule has 2 aromatic carbocycles. The van der Waals surface area contributed by atoms with Crippen LogP contribution in [0.2, 0.25) is 0 Å². The van der Waals surface area contributed by atoms with E-state index in [0.29, 0.717) is 0 Å². The first-order valence-electron chi connectivity index (χ1n) is 7.03. The van der Waals surface area contributed by atoms with Crippen molar-refractivity contribution in [3.8, 4) is 0 Å². The van der Waals surface area contributed by atoms with Gasteiger partial charge in [-0.1, -0.05) is 42.5 Å². The van der Waals surface area contributed by atoms with E-state index in [4.69, 9.17) is 0 Å². The molecule has 112 valence electrons. The fourth-order valence-electron chi connectivity index (χ4n) is 2.33. The molecule has 3 rings (SSSR count). The highest BCUT2D eigenvalue weighted by Crippen LogP contribution is 2.19. The van der Waals surface area contributed by atoms with Crippen molar-refractivity contribution in [3.05, 3.63) is 72.1 Å². The molecule has 0 spiro atoms. The van der Waals surface area contributed by atoms with Gasteiger partial charge in [0, 0.05) is 31.4 Å². The summed E-state index contributed by atoms with van der Waals surface area (Å²) in [5, 5.41) is 2.40. The fourth-order valence-corrected chi connectivity index (χ4v) is 2.33. The third-order valence-corrected chi connectivity index (χ3v) is 3.55. The predicted molar refractivity (Wildman–Crippen MR) is 107 cm³/mol. The standard InChI is InChI=1S/C19H18N2.HI/c1-21(2)17-10-7-15(8-11-17)9-12-19-18-6-4-3-5-16(18)13-14-20-19;/h3-14H,1-2H3;1H. The zero-order valence-corrected chi connectivity index (χ0v) is 15.1. The topological polar surface area (TPSA) is 16.1 Å². The van der Waals surface area contributed by atoms with Gasteiger partial charge in [0.15, 0.2) is 0 Å². The second kappa shape index (κ2) is 7.40. The Balaban J connectivity index is 0.00000176. The van der Waals surface area contributed by atoms with Crippen molar-refractivity contribution in [2.75, 3.05) is 19.0 Å². The van der Waals surface area contributed by atoms with E-state index in [0.717, 1.165) is 5.69 Å². The minimum absolute atomic E-state index is 0. The maximum atomic E-state index is 4.47. The van der Waals surface area contributed by atoms with E-state index in [-0.39, 0.29) is 24.0 Å². The van der Waals surface area contributed by atoms with Crippen LogP contribution >= 0.6 is 24.0 Å². The lowest BCUT2D eigenvalue weighted by Crippen LogP contribution is -2.07. The van der Waals surface area contributed by atoms with Gasteiger partial charge in [0.1, 0.15) is 0 Å². The van der Waals surface area contributed by atoms with Crippen LogP contribution in [0.5, 0.6) is 0 Å². The van der Waals surface area contributed by atoms with Gasteiger partial charge < -0.3 is 4.90 Å². The van der Waals surface area contributed by atoms with Crippen molar-refractivity contribution in [1.82, 2.24) is 4.98 Å². The van der Waals surface area contributed by atoms with E-state index in [1.807, 2.05) is 32.4 Å². The van der Waals surface area contributed by atoms with Crippen LogP contribution in [0, 0.1) is 0 Å². The van der Waals surface area contributed by atoms with E-state index in [9.17, 15) is 0 Å². The molecule has 0 radical (unpaired) electrons. The summed E-state index contributed by atoms with van der Waals surface area (Å²) in [6.07, 6.45) is 6.04. The number of anilines is 1. The Morgan fingerprint density at radius 2 is 1.59 bits per heavy atom. The molecule has 3 heteroatoms. The average Bonchev–Trinajstić information content (AvgIpc) is 2.53. The highest BCUT2D eigenvalue weighted by atomic mass is 127. The van der Waals surface area contributed by atoms with Crippen LogP contribution in [0.15, 0.2) is 60.8 Å². The first-order chi connectivity index (χ1) is 10.2. The summed E-state index contributed by atoms with van der Waals surface area (Å²) in [5.74, 6) is 0. The molecule has 0 fully saturated rings. The molecule has 0 aliphatic rings. The van der Waals surface area contributed by atoms with Gasteiger partial charge in [-0.2, -0.15) is 0 Å². The van der Waals surface area contributed by atoms with Gasteiger partial charge in [-0.15, -0.1) is 24.0 Å². The predicted octanol–water partition coefficient (Wildman–Crippen LogP) is 5.09. The zero-order valence-electron chi connectivity index (χ0n) is 12.7. The van der Waals surface area contributed by atoms with Crippen molar-refractivity contribution in [3.63, 3.8) is 0 Å². The maximum absolute atomic E-state index is 4.47. The number of pyridine rings is 1. The lowest BCUT2D eigenvalue weighted by molar-refractivity contribution is 1.13. The highest BCUT2D eigenvalue weighted by molar-refractivity contribution is 14.0. The summed E-state index contributed by atoms with van der Waals surface area (Å²) >= 11 is 0. The minimum Gasteiger partial charge on any atom is -0.378 e. The lowest BCUT2D eigenvalue weighted by Gasteiger charge is -2.11. The normalized spacial score (nSPS) is 10.6. The Morgan fingerprint density at radius 1 is 0.864 bits per heavy atom. The SMILES string of the molecule is CN(C)c1ccc(C=Cc2nccc3ccccc23)cc1.I. The Labute approximate surface area is 148 Å². The number of benzene rings is 2. The van der Waals surface area contributed by atoms with Crippen LogP contribution < -0.4 is 4.90 Å². The number of nitrogens with zero attached hydrogens (tertiary/aromatic N) is 2. The number of hydrogen-bond donors (Lipinski definition) is 0. The number of halogens is 1. The summed E-state index contributed by atoms with van der Waals surface area (Å²) in [4.78, 5) is 6.57. The minimum atomic E-state index is 0. The van der Waals surface area contributed by atoms with Crippen molar-refractivity contribution >= 4 is 52.6 Å². The third kappa shape index (κ3) is 3.65. The first-order valence-corrected chi connectivity index (χ1v) is 7.03. The van der Waals surface area contributed by atoms with Gasteiger partial charge in [0.25, 0.3) is 0 Å². The first kappa shape index (κ1) is 16.5. The Hall–Kier alpha value is -1.88. The summed E-state index contributed by atoms with van der Waals surface area (Å²) < 4.78 is 0. The van der Waals surface area contributed by atoms with Crippen molar-refractivity contribution < 1.29 is 0 Å². The quantitative estimate of drug-likeness (QED) is 0.568. The molecule has 0 saturated carbocycles. The Bertz CT molecular complexity index is 772. The summed E-state index contributed by atoms with van der Waals surface area (Å²) in [7, 11) is 4.09. The third-order valence-electron chi connectivity index (χ3n) is 3.55. The van der Waals surface area contributed by atoms with Crippen LogP contribution in [0.3, 0.4) is 0 Å². The average molecular weight is 402 g/mol. The van der Waals surface area contributed by atoms with Gasteiger partial charge >= 0.3 is 0 Å². The van der Waals surface area contributed by atoms with Gasteiger partial charge in [0.05, 0.1) is 5.69 Å². The van der Waals surface area contributed by atoms with Crippen molar-refractivity contribution in [2.45, 2.75) is 0 Å². The van der Waals surface area contributed by atoms with E-state index >= 15 is 0 Å². The Kier molecular flexibility index (Phi) is 5.55. The largest absolute Gasteiger partial charge is 0.378 e. The van der Waals surface area contributed by atoms with Gasteiger partial charge in [0.2, 0.25) is 0 Å². The number of rotatable bonds is 3. The Morgan fingerprint density at radius 3 is 2.32 bits per heavy atom. The molecular weight excluding hydrogens is 383 g/mol. The van der Waals surface area contributed by atoms with Crippen molar-refractivity contribution in [2.24, 2.45) is 0 Å². The smallest absolute Gasteiger partial charge is 0.0708 e. The molecule has 3 aromatic rings. The molecule has 0 atom stereocenters. The van der Waals surface area contributed by atoms with Gasteiger partial charge in [-0.3, -0.25) is 4.98 Å². The molecule has 0 bridgehead atoms. The molecular formula is C19H19IN2. The fraction of sp³-hybridized carbons (Fsp3) is 0.105. The highest BCUT2D eigenvalue weighted by Gasteiger charge is 1.98. The zero-order chi connectivity index (χ0) is 14.7. The molecule has 1 aromatic heterocycles. The maximum Gasteiger partial charge on any atom is 0.0708 e. The summed E-state index contributed by atoms with van der Waals surface area (Å²) in [6.45, 7) is 0. The number of aromatic nitrogens is 1. The van der Waals surface area contributed by atoms with Crippen LogP contribution in [0.1, 0.15) is 11.3 Å². The second-order valence-electron chi connectivity index (χ2n) is 5.24. The van der Waals surface area contributed by atoms with E-state index in [1.165, 1.54) is 22.0 Å². The van der Waals surface area contributed by atoms with E-state index < -0.39 is 0 Å². The molecule has 0 aliphatic heterocycles. The van der Waals surface area contributed by atoms with Crippen LogP contribution in [0.25, 0.3) is 22.9 Å². The van der Waals surface area contributed by atoms with E-state index in [2.05, 4.69) is 64.5 Å². The second-order valence-corrected chi connectivity index (χ2v) is 5.24. The molecule has 0 unspecified atom stereocenters. The van der Waals surface area contributed by atoms with Gasteiger partial charge in [-0.05, 0) is 35.2 Å². The van der Waals surface area contributed by atoms with Crippen LogP contribution in [-0.2, 0) is 0 Å². The molecule has 1 heterocycles. The molecule has 22 heavy (non-hydrogen) atoms. The lowest BCUT2D eigenvalue weighted by atomic mass is 10.1. The molecule has 2 nitrogen and oxygen atoms in total. The van der Waals surface area contributed by atoms with Gasteiger partial charge in [-0.25, -0.2) is 0 Å². The van der Waals surface area contributed by atoms with Crippen LogP contribution in [0.4, 0.5) is 5.69 Å². The molecule has 0 N–H and O–H groups in total. The summed E-state index contributed by atoms with van der Waals surface area (Å²) in [6, 6.07) is 18.8. The molecule has 0 saturated heterocycles. The van der Waals surface area contributed by atoms with Crippen LogP contribution in [-0.4, -0.2) is 19.1 Å². The van der Waals surface area contributed by atoms with E-state index in [1.54, 1.807) is 0 Å².